The number of nitrogens with one attached hydrogen (secondary N) is 2. The molecule has 194 valence electrons. The van der Waals surface area contributed by atoms with Crippen LogP contribution < -0.4 is 10.6 Å². The van der Waals surface area contributed by atoms with Gasteiger partial charge in [-0.2, -0.15) is 0 Å². The maximum Gasteiger partial charge on any atom is 0.334 e. The van der Waals surface area contributed by atoms with Gasteiger partial charge in [0.15, 0.2) is 0 Å². The Balaban J connectivity index is 1.30. The average Bonchev–Trinajstić information content (AvgIpc) is 3.33. The quantitative estimate of drug-likeness (QED) is 0.424. The minimum Gasteiger partial charge on any atom is -0.348 e. The van der Waals surface area contributed by atoms with Gasteiger partial charge in [-0.1, -0.05) is 60.7 Å². The van der Waals surface area contributed by atoms with Crippen LogP contribution in [0.3, 0.4) is 0 Å². The smallest absolute Gasteiger partial charge is 0.334 e. The van der Waals surface area contributed by atoms with E-state index in [1.165, 1.54) is 0 Å². The number of carbonyl (C=O) groups is 3. The van der Waals surface area contributed by atoms with Gasteiger partial charge in [-0.25, -0.2) is 14.8 Å². The number of piperazine rings is 1. The van der Waals surface area contributed by atoms with Crippen molar-refractivity contribution in [1.29, 1.82) is 0 Å². The Kier molecular flexibility index (Phi) is 6.25. The Hall–Kier alpha value is -3.95. The highest BCUT2D eigenvalue weighted by molar-refractivity contribution is 7.17. The van der Waals surface area contributed by atoms with E-state index in [0.29, 0.717) is 13.0 Å². The van der Waals surface area contributed by atoms with E-state index >= 15 is 0 Å². The zero-order chi connectivity index (χ0) is 26.4. The number of rotatable bonds is 4. The molecule has 38 heavy (non-hydrogen) atoms. The Labute approximate surface area is 224 Å². The summed E-state index contributed by atoms with van der Waals surface area (Å²) >= 11 is 1.64. The minimum absolute atomic E-state index is 0.0737. The minimum atomic E-state index is -0.620. The van der Waals surface area contributed by atoms with Crippen molar-refractivity contribution in [3.63, 3.8) is 0 Å². The van der Waals surface area contributed by atoms with Gasteiger partial charge in [0.05, 0.1) is 6.04 Å². The van der Waals surface area contributed by atoms with Crippen molar-refractivity contribution >= 4 is 50.0 Å². The molecule has 6 rings (SSSR count). The van der Waals surface area contributed by atoms with Crippen molar-refractivity contribution in [2.45, 2.75) is 38.1 Å². The van der Waals surface area contributed by atoms with E-state index < -0.39 is 18.2 Å². The van der Waals surface area contributed by atoms with Crippen molar-refractivity contribution in [2.24, 2.45) is 0 Å². The van der Waals surface area contributed by atoms with Crippen LogP contribution in [0.2, 0.25) is 0 Å². The molecule has 0 aliphatic carbocycles. The molecule has 2 saturated heterocycles. The maximum atomic E-state index is 13.8. The van der Waals surface area contributed by atoms with Gasteiger partial charge in [-0.15, -0.1) is 11.3 Å². The highest BCUT2D eigenvalue weighted by Gasteiger charge is 2.51. The number of carbonyl (C=O) groups excluding carboxylic acids is 3. The molecular formula is C29H29N5O3S. The lowest BCUT2D eigenvalue weighted by molar-refractivity contribution is -0.185. The Morgan fingerprint density at radius 1 is 1.00 bits per heavy atom. The number of amides is 4. The molecule has 4 aromatic rings. The first-order valence-corrected chi connectivity index (χ1v) is 13.6. The van der Waals surface area contributed by atoms with Gasteiger partial charge >= 0.3 is 6.03 Å². The van der Waals surface area contributed by atoms with Crippen LogP contribution >= 0.6 is 11.3 Å². The van der Waals surface area contributed by atoms with Crippen LogP contribution in [0, 0.1) is 0 Å². The molecule has 4 amide bonds. The molecule has 2 fully saturated rings. The summed E-state index contributed by atoms with van der Waals surface area (Å²) in [6.07, 6.45) is -0.181. The number of fused-ring (bicyclic) bond motifs is 3. The molecule has 2 N–H and O–H groups in total. The highest BCUT2D eigenvalue weighted by Crippen LogP contribution is 2.31. The van der Waals surface area contributed by atoms with Gasteiger partial charge in [-0.05, 0) is 45.7 Å². The molecule has 0 bridgehead atoms. The molecular weight excluding hydrogens is 498 g/mol. The molecule has 2 aliphatic heterocycles. The van der Waals surface area contributed by atoms with Crippen molar-refractivity contribution in [1.82, 2.24) is 25.6 Å². The highest BCUT2D eigenvalue weighted by atomic mass is 32.1. The number of hydrazine groups is 1. The predicted octanol–water partition coefficient (Wildman–Crippen LogP) is 3.71. The lowest BCUT2D eigenvalue weighted by Crippen LogP contribution is -2.78. The average molecular weight is 528 g/mol. The molecule has 2 aliphatic rings. The molecule has 9 heteroatoms. The van der Waals surface area contributed by atoms with Crippen LogP contribution in [0.4, 0.5) is 4.79 Å². The predicted molar refractivity (Wildman–Crippen MR) is 148 cm³/mol. The van der Waals surface area contributed by atoms with Crippen LogP contribution in [-0.2, 0) is 22.6 Å². The molecule has 3 atom stereocenters. The number of thiophene rings is 1. The van der Waals surface area contributed by atoms with Gasteiger partial charge in [0.2, 0.25) is 11.8 Å². The number of urea groups is 1. The van der Waals surface area contributed by atoms with Crippen LogP contribution in [-0.4, -0.2) is 64.6 Å². The number of benzene rings is 3. The zero-order valence-electron chi connectivity index (χ0n) is 21.3. The molecule has 3 unspecified atom stereocenters. The number of hydrogen-bond acceptors (Lipinski definition) is 5. The number of hydrogen-bond donors (Lipinski definition) is 2. The van der Waals surface area contributed by atoms with Gasteiger partial charge < -0.3 is 15.5 Å². The largest absolute Gasteiger partial charge is 0.348 e. The van der Waals surface area contributed by atoms with E-state index in [4.69, 9.17) is 0 Å². The van der Waals surface area contributed by atoms with Crippen molar-refractivity contribution in [3.05, 3.63) is 83.2 Å². The summed E-state index contributed by atoms with van der Waals surface area (Å²) in [6, 6.07) is 20.9. The molecule has 0 spiro atoms. The Bertz CT molecular complexity index is 1550. The van der Waals surface area contributed by atoms with E-state index in [1.54, 1.807) is 33.3 Å². The fourth-order valence-electron chi connectivity index (χ4n) is 5.71. The second-order valence-electron chi connectivity index (χ2n) is 9.93. The normalized spacial score (nSPS) is 22.0. The van der Waals surface area contributed by atoms with Gasteiger partial charge in [0.1, 0.15) is 18.8 Å². The van der Waals surface area contributed by atoms with E-state index in [1.807, 2.05) is 61.5 Å². The first kappa shape index (κ1) is 24.4. The SMILES string of the molecule is CC1NC(=O)CN2C(=O)C(Cc3csc4ccccc34)N(C)N(C(=O)NCc3cccc4ccccc34)C12. The van der Waals surface area contributed by atoms with Crippen molar-refractivity contribution < 1.29 is 14.4 Å². The Morgan fingerprint density at radius 3 is 2.58 bits per heavy atom. The van der Waals surface area contributed by atoms with E-state index in [0.717, 1.165) is 32.0 Å². The van der Waals surface area contributed by atoms with Gasteiger partial charge in [0, 0.05) is 24.7 Å². The molecule has 8 nitrogen and oxygen atoms in total. The third kappa shape index (κ3) is 4.17. The summed E-state index contributed by atoms with van der Waals surface area (Å²) < 4.78 is 1.15. The second-order valence-corrected chi connectivity index (χ2v) is 10.8. The topological polar surface area (TPSA) is 85.0 Å². The van der Waals surface area contributed by atoms with Crippen LogP contribution in [0.15, 0.2) is 72.1 Å². The van der Waals surface area contributed by atoms with E-state index in [9.17, 15) is 14.4 Å². The lowest BCUT2D eigenvalue weighted by atomic mass is 10.00. The van der Waals surface area contributed by atoms with E-state index in [2.05, 4.69) is 28.1 Å². The number of likely N-dealkylation sites (N-methyl/N-ethyl adjacent to an activating group) is 1. The summed E-state index contributed by atoms with van der Waals surface area (Å²) in [4.78, 5) is 41.5. The monoisotopic (exact) mass is 527 g/mol. The summed E-state index contributed by atoms with van der Waals surface area (Å²) in [5.41, 5.74) is 2.07. The zero-order valence-corrected chi connectivity index (χ0v) is 22.1. The van der Waals surface area contributed by atoms with Crippen LogP contribution in [0.5, 0.6) is 0 Å². The third-order valence-corrected chi connectivity index (χ3v) is 8.58. The molecule has 3 aromatic carbocycles. The first-order chi connectivity index (χ1) is 18.4. The Morgan fingerprint density at radius 2 is 1.74 bits per heavy atom. The van der Waals surface area contributed by atoms with Crippen LogP contribution in [0.1, 0.15) is 18.1 Å². The van der Waals surface area contributed by atoms with Crippen molar-refractivity contribution in [3.8, 4) is 0 Å². The van der Waals surface area contributed by atoms with Crippen LogP contribution in [0.25, 0.3) is 20.9 Å². The molecule has 0 saturated carbocycles. The summed E-state index contributed by atoms with van der Waals surface area (Å²) in [7, 11) is 1.79. The molecule has 1 aromatic heterocycles. The fourth-order valence-corrected chi connectivity index (χ4v) is 6.69. The van der Waals surface area contributed by atoms with Crippen molar-refractivity contribution in [2.75, 3.05) is 13.6 Å². The van der Waals surface area contributed by atoms with Gasteiger partial charge in [-0.3, -0.25) is 9.59 Å². The maximum absolute atomic E-state index is 13.8. The second kappa shape index (κ2) is 9.74. The van der Waals surface area contributed by atoms with E-state index in [-0.39, 0.29) is 24.4 Å². The summed E-state index contributed by atoms with van der Waals surface area (Å²) in [6.45, 7) is 2.09. The van der Waals surface area contributed by atoms with Gasteiger partial charge in [0.25, 0.3) is 0 Å². The summed E-state index contributed by atoms with van der Waals surface area (Å²) in [5.74, 6) is -0.366. The molecule has 0 radical (unpaired) electrons. The first-order valence-electron chi connectivity index (χ1n) is 12.7. The summed E-state index contributed by atoms with van der Waals surface area (Å²) in [5, 5.41) is 14.7. The fraction of sp³-hybridized carbons (Fsp3) is 0.276. The lowest BCUT2D eigenvalue weighted by Gasteiger charge is -2.54. The third-order valence-electron chi connectivity index (χ3n) is 7.57. The molecule has 3 heterocycles. The number of nitrogens with zero attached hydrogens (tertiary/aromatic N) is 3. The standard InChI is InChI=1S/C29H29N5O3S/c1-18-27-33(16-26(35)31-18)28(36)24(14-21-17-38-25-13-6-5-12-23(21)25)32(2)34(27)29(37)30-15-20-10-7-9-19-8-3-4-11-22(19)20/h3-13,17-18,24,27H,14-16H2,1-2H3,(H,30,37)(H,31,35).